The molecule has 2 aromatic carbocycles. The molecular weight excluding hydrogens is 232 g/mol. The highest BCUT2D eigenvalue weighted by Gasteiger charge is 2.24. The van der Waals surface area contributed by atoms with Gasteiger partial charge in [0.2, 0.25) is 0 Å². The predicted molar refractivity (Wildman–Crippen MR) is 79.2 cm³/mol. The Hall–Kier alpha value is -2.02. The van der Waals surface area contributed by atoms with Gasteiger partial charge in [0.05, 0.1) is 0 Å². The van der Waals surface area contributed by atoms with Gasteiger partial charge in [0.25, 0.3) is 0 Å². The molecule has 0 spiro atoms. The number of ether oxygens (including phenoxy) is 1. The van der Waals surface area contributed by atoms with Crippen molar-refractivity contribution in [3.63, 3.8) is 0 Å². The summed E-state index contributed by atoms with van der Waals surface area (Å²) in [5.41, 5.74) is 2.54. The standard InChI is InChI=1S/C18H18O/c1-14-13-16-9-5-6-10-18(16)19-17(14)12-11-15-7-3-2-4-8-15/h2-12,14,17H,13H2,1H3/b12-11+. The molecule has 2 atom stereocenters. The molecule has 1 heteroatoms. The molecule has 0 bridgehead atoms. The van der Waals surface area contributed by atoms with E-state index < -0.39 is 0 Å². The monoisotopic (exact) mass is 250 g/mol. The summed E-state index contributed by atoms with van der Waals surface area (Å²) in [6.45, 7) is 2.25. The van der Waals surface area contributed by atoms with Crippen LogP contribution in [-0.4, -0.2) is 6.10 Å². The maximum atomic E-state index is 6.08. The molecule has 0 aliphatic carbocycles. The van der Waals surface area contributed by atoms with Crippen LogP contribution < -0.4 is 4.74 Å². The molecule has 1 nitrogen and oxygen atoms in total. The van der Waals surface area contributed by atoms with Crippen molar-refractivity contribution < 1.29 is 4.74 Å². The Morgan fingerprint density at radius 3 is 2.58 bits per heavy atom. The average Bonchev–Trinajstić information content (AvgIpc) is 2.46. The van der Waals surface area contributed by atoms with E-state index in [1.807, 2.05) is 12.1 Å². The quantitative estimate of drug-likeness (QED) is 0.770. The minimum Gasteiger partial charge on any atom is -0.486 e. The lowest BCUT2D eigenvalue weighted by atomic mass is 9.92. The van der Waals surface area contributed by atoms with Crippen molar-refractivity contribution in [1.29, 1.82) is 0 Å². The predicted octanol–water partition coefficient (Wildman–Crippen LogP) is 4.34. The lowest BCUT2D eigenvalue weighted by Crippen LogP contribution is -2.29. The summed E-state index contributed by atoms with van der Waals surface area (Å²) >= 11 is 0. The minimum atomic E-state index is 0.162. The van der Waals surface area contributed by atoms with Gasteiger partial charge in [0.1, 0.15) is 11.9 Å². The molecule has 0 amide bonds. The number of rotatable bonds is 2. The summed E-state index contributed by atoms with van der Waals surface area (Å²) in [5.74, 6) is 1.54. The lowest BCUT2D eigenvalue weighted by molar-refractivity contribution is 0.166. The normalized spacial score (nSPS) is 21.9. The Morgan fingerprint density at radius 1 is 1.00 bits per heavy atom. The largest absolute Gasteiger partial charge is 0.486 e. The minimum absolute atomic E-state index is 0.162. The van der Waals surface area contributed by atoms with Crippen LogP contribution in [0, 0.1) is 5.92 Å². The molecule has 0 saturated carbocycles. The number of hydrogen-bond donors (Lipinski definition) is 0. The van der Waals surface area contributed by atoms with Gasteiger partial charge in [-0.05, 0) is 29.7 Å². The molecule has 96 valence electrons. The van der Waals surface area contributed by atoms with Gasteiger partial charge >= 0.3 is 0 Å². The van der Waals surface area contributed by atoms with Gasteiger partial charge in [0, 0.05) is 5.92 Å². The van der Waals surface area contributed by atoms with E-state index in [0.717, 1.165) is 12.2 Å². The fourth-order valence-electron chi connectivity index (χ4n) is 2.51. The van der Waals surface area contributed by atoms with Crippen LogP contribution in [0.25, 0.3) is 6.08 Å². The van der Waals surface area contributed by atoms with E-state index in [4.69, 9.17) is 4.74 Å². The highest BCUT2D eigenvalue weighted by Crippen LogP contribution is 2.31. The Bertz CT molecular complexity index is 571. The molecule has 2 unspecified atom stereocenters. The number of fused-ring (bicyclic) bond motifs is 1. The molecule has 0 saturated heterocycles. The maximum Gasteiger partial charge on any atom is 0.123 e. The molecule has 1 heterocycles. The summed E-state index contributed by atoms with van der Waals surface area (Å²) in [6, 6.07) is 18.7. The zero-order valence-electron chi connectivity index (χ0n) is 11.1. The first-order valence-electron chi connectivity index (χ1n) is 6.81. The van der Waals surface area contributed by atoms with E-state index in [1.54, 1.807) is 0 Å². The van der Waals surface area contributed by atoms with E-state index in [0.29, 0.717) is 5.92 Å². The summed E-state index contributed by atoms with van der Waals surface area (Å²) in [4.78, 5) is 0. The van der Waals surface area contributed by atoms with Crippen LogP contribution in [0.1, 0.15) is 18.1 Å². The van der Waals surface area contributed by atoms with Crippen LogP contribution in [0.4, 0.5) is 0 Å². The van der Waals surface area contributed by atoms with E-state index in [9.17, 15) is 0 Å². The van der Waals surface area contributed by atoms with Crippen LogP contribution in [0.5, 0.6) is 5.75 Å². The van der Waals surface area contributed by atoms with Gasteiger partial charge in [-0.1, -0.05) is 61.5 Å². The fraction of sp³-hybridized carbons (Fsp3) is 0.222. The van der Waals surface area contributed by atoms with E-state index in [-0.39, 0.29) is 6.10 Å². The van der Waals surface area contributed by atoms with Gasteiger partial charge in [-0.25, -0.2) is 0 Å². The van der Waals surface area contributed by atoms with Crippen molar-refractivity contribution >= 4 is 6.08 Å². The first kappa shape index (κ1) is 12.0. The van der Waals surface area contributed by atoms with Crippen LogP contribution in [-0.2, 0) is 6.42 Å². The third-order valence-corrected chi connectivity index (χ3v) is 3.62. The third-order valence-electron chi connectivity index (χ3n) is 3.62. The van der Waals surface area contributed by atoms with E-state index in [1.165, 1.54) is 11.1 Å². The SMILES string of the molecule is CC1Cc2ccccc2OC1/C=C/c1ccccc1. The van der Waals surface area contributed by atoms with Crippen molar-refractivity contribution in [2.24, 2.45) is 5.92 Å². The number of para-hydroxylation sites is 1. The van der Waals surface area contributed by atoms with Crippen LogP contribution in [0.2, 0.25) is 0 Å². The molecule has 3 rings (SSSR count). The highest BCUT2D eigenvalue weighted by atomic mass is 16.5. The van der Waals surface area contributed by atoms with Crippen LogP contribution >= 0.6 is 0 Å². The number of hydrogen-bond acceptors (Lipinski definition) is 1. The van der Waals surface area contributed by atoms with Gasteiger partial charge in [-0.3, -0.25) is 0 Å². The topological polar surface area (TPSA) is 9.23 Å². The molecule has 19 heavy (non-hydrogen) atoms. The van der Waals surface area contributed by atoms with Crippen molar-refractivity contribution in [2.75, 3.05) is 0 Å². The van der Waals surface area contributed by atoms with E-state index in [2.05, 4.69) is 61.5 Å². The summed E-state index contributed by atoms with van der Waals surface area (Å²) in [7, 11) is 0. The molecular formula is C18H18O. The fourth-order valence-corrected chi connectivity index (χ4v) is 2.51. The van der Waals surface area contributed by atoms with Crippen molar-refractivity contribution in [1.82, 2.24) is 0 Å². The van der Waals surface area contributed by atoms with Gasteiger partial charge in [-0.15, -0.1) is 0 Å². The Labute approximate surface area is 114 Å². The zero-order chi connectivity index (χ0) is 13.1. The maximum absolute atomic E-state index is 6.08. The van der Waals surface area contributed by atoms with Gasteiger partial charge < -0.3 is 4.74 Å². The lowest BCUT2D eigenvalue weighted by Gasteiger charge is -2.29. The van der Waals surface area contributed by atoms with Crippen molar-refractivity contribution in [2.45, 2.75) is 19.4 Å². The third kappa shape index (κ3) is 2.70. The summed E-state index contributed by atoms with van der Waals surface area (Å²) < 4.78 is 6.08. The van der Waals surface area contributed by atoms with Crippen molar-refractivity contribution in [3.8, 4) is 5.75 Å². The molecule has 1 aliphatic heterocycles. The highest BCUT2D eigenvalue weighted by molar-refractivity contribution is 5.50. The Balaban J connectivity index is 1.78. The molecule has 0 aromatic heterocycles. The number of benzene rings is 2. The van der Waals surface area contributed by atoms with Gasteiger partial charge in [0.15, 0.2) is 0 Å². The summed E-state index contributed by atoms with van der Waals surface area (Å²) in [6.07, 6.45) is 5.57. The Kier molecular flexibility index (Phi) is 3.37. The second kappa shape index (κ2) is 5.31. The molecule has 0 N–H and O–H groups in total. The average molecular weight is 250 g/mol. The Morgan fingerprint density at radius 2 is 1.74 bits per heavy atom. The second-order valence-corrected chi connectivity index (χ2v) is 5.14. The van der Waals surface area contributed by atoms with Crippen molar-refractivity contribution in [3.05, 3.63) is 71.8 Å². The molecule has 0 radical (unpaired) electrons. The second-order valence-electron chi connectivity index (χ2n) is 5.14. The van der Waals surface area contributed by atoms with Gasteiger partial charge in [-0.2, -0.15) is 0 Å². The van der Waals surface area contributed by atoms with Crippen LogP contribution in [0.15, 0.2) is 60.7 Å². The zero-order valence-corrected chi connectivity index (χ0v) is 11.1. The first-order valence-corrected chi connectivity index (χ1v) is 6.81. The summed E-state index contributed by atoms with van der Waals surface area (Å²) in [5, 5.41) is 0. The molecule has 1 aliphatic rings. The van der Waals surface area contributed by atoms with Crippen LogP contribution in [0.3, 0.4) is 0 Å². The smallest absolute Gasteiger partial charge is 0.123 e. The van der Waals surface area contributed by atoms with E-state index >= 15 is 0 Å². The molecule has 2 aromatic rings. The molecule has 0 fully saturated rings. The first-order chi connectivity index (χ1) is 9.33.